The number of likely N-dealkylation sites (tertiary alicyclic amines) is 1. The summed E-state index contributed by atoms with van der Waals surface area (Å²) in [6.45, 7) is 8.66. The lowest BCUT2D eigenvalue weighted by molar-refractivity contribution is 0.133. The summed E-state index contributed by atoms with van der Waals surface area (Å²) in [6, 6.07) is 10.2. The quantitative estimate of drug-likeness (QED) is 0.617. The molecule has 4 rings (SSSR count). The van der Waals surface area contributed by atoms with Crippen LogP contribution < -0.4 is 14.9 Å². The highest BCUT2D eigenvalue weighted by atomic mass is 16.5. The summed E-state index contributed by atoms with van der Waals surface area (Å²) in [7, 11) is 1.58. The third-order valence-corrected chi connectivity index (χ3v) is 5.85. The van der Waals surface area contributed by atoms with E-state index in [2.05, 4.69) is 18.7 Å². The molecule has 31 heavy (non-hydrogen) atoms. The number of benzene rings is 2. The summed E-state index contributed by atoms with van der Waals surface area (Å²) in [5.74, 6) is 2.96. The van der Waals surface area contributed by atoms with Gasteiger partial charge in [0.15, 0.2) is 0 Å². The van der Waals surface area contributed by atoms with Gasteiger partial charge in [-0.3, -0.25) is 9.69 Å². The lowest BCUT2D eigenvalue weighted by Crippen LogP contribution is -2.38. The number of aromatic hydroxyl groups is 1. The molecule has 0 spiro atoms. The molecule has 1 aromatic heterocycles. The molecule has 1 N–H and O–H groups in total. The van der Waals surface area contributed by atoms with Gasteiger partial charge in [-0.1, -0.05) is 19.9 Å². The maximum atomic E-state index is 13.3. The van der Waals surface area contributed by atoms with Gasteiger partial charge in [0.05, 0.1) is 18.1 Å². The summed E-state index contributed by atoms with van der Waals surface area (Å²) in [5.41, 5.74) is 0.807. The number of fused-ring (bicyclic) bond motifs is 1. The summed E-state index contributed by atoms with van der Waals surface area (Å²) < 4.78 is 17.2. The van der Waals surface area contributed by atoms with E-state index in [1.54, 1.807) is 50.4 Å². The van der Waals surface area contributed by atoms with Crippen LogP contribution in [0.3, 0.4) is 0 Å². The van der Waals surface area contributed by atoms with Crippen molar-refractivity contribution in [2.24, 2.45) is 11.8 Å². The monoisotopic (exact) mass is 423 g/mol. The second kappa shape index (κ2) is 8.63. The topological polar surface area (TPSA) is 72.1 Å². The molecule has 0 saturated carbocycles. The van der Waals surface area contributed by atoms with Crippen LogP contribution in [-0.4, -0.2) is 30.2 Å². The smallest absolute Gasteiger partial charge is 0.235 e. The van der Waals surface area contributed by atoms with Crippen molar-refractivity contribution in [3.05, 3.63) is 57.9 Å². The Balaban J connectivity index is 1.73. The number of ether oxygens (including phenoxy) is 2. The van der Waals surface area contributed by atoms with Gasteiger partial charge in [0.1, 0.15) is 28.6 Å². The van der Waals surface area contributed by atoms with Gasteiger partial charge in [0.25, 0.3) is 0 Å². The number of hydrogen-bond acceptors (Lipinski definition) is 6. The molecule has 164 valence electrons. The van der Waals surface area contributed by atoms with Crippen LogP contribution in [-0.2, 0) is 6.54 Å². The lowest BCUT2D eigenvalue weighted by atomic mass is 9.91. The molecular weight excluding hydrogens is 394 g/mol. The Labute approximate surface area is 182 Å². The third kappa shape index (κ3) is 4.39. The van der Waals surface area contributed by atoms with Gasteiger partial charge in [-0.2, -0.15) is 0 Å². The largest absolute Gasteiger partial charge is 0.507 e. The highest BCUT2D eigenvalue weighted by Gasteiger charge is 2.25. The van der Waals surface area contributed by atoms with Crippen molar-refractivity contribution in [3.8, 4) is 23.0 Å². The van der Waals surface area contributed by atoms with E-state index < -0.39 is 0 Å². The van der Waals surface area contributed by atoms with Gasteiger partial charge in [-0.25, -0.2) is 0 Å². The number of methoxy groups -OCH3 is 1. The van der Waals surface area contributed by atoms with Crippen molar-refractivity contribution < 1.29 is 19.0 Å². The predicted molar refractivity (Wildman–Crippen MR) is 120 cm³/mol. The van der Waals surface area contributed by atoms with Crippen molar-refractivity contribution in [3.63, 3.8) is 0 Å². The number of phenols is 1. The zero-order chi connectivity index (χ0) is 22.1. The first-order chi connectivity index (χ1) is 14.9. The number of aryl methyl sites for hydroxylation is 1. The number of piperidine rings is 1. The second-order valence-corrected chi connectivity index (χ2v) is 8.68. The molecule has 1 aliphatic rings. The van der Waals surface area contributed by atoms with Crippen LogP contribution in [0.4, 0.5) is 0 Å². The van der Waals surface area contributed by atoms with Crippen molar-refractivity contribution in [1.29, 1.82) is 0 Å². The van der Waals surface area contributed by atoms with E-state index in [0.29, 0.717) is 52.2 Å². The zero-order valence-electron chi connectivity index (χ0n) is 18.5. The minimum atomic E-state index is -0.261. The highest BCUT2D eigenvalue weighted by molar-refractivity contribution is 5.83. The molecule has 6 nitrogen and oxygen atoms in total. The second-order valence-electron chi connectivity index (χ2n) is 8.68. The number of hydrogen-bond donors (Lipinski definition) is 1. The maximum Gasteiger partial charge on any atom is 0.235 e. The Morgan fingerprint density at radius 2 is 1.84 bits per heavy atom. The van der Waals surface area contributed by atoms with Gasteiger partial charge >= 0.3 is 0 Å². The molecule has 0 radical (unpaired) electrons. The Hall–Kier alpha value is -2.99. The van der Waals surface area contributed by atoms with Crippen molar-refractivity contribution >= 4 is 11.0 Å². The maximum absolute atomic E-state index is 13.3. The van der Waals surface area contributed by atoms with Gasteiger partial charge in [0.2, 0.25) is 11.2 Å². The van der Waals surface area contributed by atoms with Crippen LogP contribution in [0.2, 0.25) is 0 Å². The van der Waals surface area contributed by atoms with Crippen LogP contribution in [0.1, 0.15) is 31.6 Å². The molecule has 0 bridgehead atoms. The van der Waals surface area contributed by atoms with Crippen LogP contribution in [0.5, 0.6) is 23.0 Å². The Morgan fingerprint density at radius 3 is 2.55 bits per heavy atom. The van der Waals surface area contributed by atoms with Crippen LogP contribution in [0.15, 0.2) is 45.6 Å². The van der Waals surface area contributed by atoms with E-state index in [4.69, 9.17) is 13.9 Å². The van der Waals surface area contributed by atoms with Crippen LogP contribution >= 0.6 is 0 Å². The van der Waals surface area contributed by atoms with Crippen molar-refractivity contribution in [1.82, 2.24) is 4.90 Å². The fourth-order valence-corrected chi connectivity index (χ4v) is 4.59. The summed E-state index contributed by atoms with van der Waals surface area (Å²) in [4.78, 5) is 15.6. The normalized spacial score (nSPS) is 19.5. The molecule has 0 aliphatic carbocycles. The number of phenolic OH excluding ortho intramolecular Hbond substituents is 1. The van der Waals surface area contributed by atoms with E-state index in [1.165, 1.54) is 6.42 Å². The molecule has 0 amide bonds. The van der Waals surface area contributed by atoms with E-state index in [9.17, 15) is 9.90 Å². The third-order valence-electron chi connectivity index (χ3n) is 5.85. The lowest BCUT2D eigenvalue weighted by Gasteiger charge is -2.35. The molecule has 3 aromatic rings. The molecule has 2 heterocycles. The Bertz CT molecular complexity index is 1140. The summed E-state index contributed by atoms with van der Waals surface area (Å²) >= 11 is 0. The molecule has 1 fully saturated rings. The summed E-state index contributed by atoms with van der Waals surface area (Å²) in [5, 5.41) is 11.0. The molecule has 2 aromatic carbocycles. The first kappa shape index (κ1) is 21.2. The Kier molecular flexibility index (Phi) is 5.92. The minimum Gasteiger partial charge on any atom is -0.507 e. The average Bonchev–Trinajstić information content (AvgIpc) is 2.73. The fourth-order valence-electron chi connectivity index (χ4n) is 4.59. The molecule has 1 aliphatic heterocycles. The average molecular weight is 424 g/mol. The first-order valence-electron chi connectivity index (χ1n) is 10.7. The standard InChI is InChI=1S/C25H29NO5/c1-15-10-16(2)13-26(12-15)14-21-22(27)9-8-20-23(28)24(17(3)30-25(20)21)31-19-7-5-6-18(11-19)29-4/h5-9,11,15-16,27H,10,12-14H2,1-4H3. The van der Waals surface area contributed by atoms with Gasteiger partial charge < -0.3 is 19.0 Å². The van der Waals surface area contributed by atoms with Crippen LogP contribution in [0.25, 0.3) is 11.0 Å². The molecule has 2 unspecified atom stereocenters. The molecular formula is C25H29NO5. The SMILES string of the molecule is COc1cccc(Oc2c(C)oc3c(CN4CC(C)CC(C)C4)c(O)ccc3c2=O)c1. The van der Waals surface area contributed by atoms with Crippen molar-refractivity contribution in [2.45, 2.75) is 33.7 Å². The Morgan fingerprint density at radius 1 is 1.13 bits per heavy atom. The minimum absolute atomic E-state index is 0.137. The van der Waals surface area contributed by atoms with Gasteiger partial charge in [-0.15, -0.1) is 0 Å². The molecule has 1 saturated heterocycles. The van der Waals surface area contributed by atoms with E-state index in [0.717, 1.165) is 13.1 Å². The van der Waals surface area contributed by atoms with Gasteiger partial charge in [-0.05, 0) is 49.4 Å². The number of nitrogens with zero attached hydrogens (tertiary/aromatic N) is 1. The first-order valence-corrected chi connectivity index (χ1v) is 10.7. The fraction of sp³-hybridized carbons (Fsp3) is 0.400. The van der Waals surface area contributed by atoms with Crippen LogP contribution in [0, 0.1) is 18.8 Å². The zero-order valence-corrected chi connectivity index (χ0v) is 18.5. The summed E-state index contributed by atoms with van der Waals surface area (Å²) in [6.07, 6.45) is 1.21. The highest BCUT2D eigenvalue weighted by Crippen LogP contribution is 2.33. The predicted octanol–water partition coefficient (Wildman–Crippen LogP) is 5.09. The van der Waals surface area contributed by atoms with E-state index >= 15 is 0 Å². The van der Waals surface area contributed by atoms with Crippen molar-refractivity contribution in [2.75, 3.05) is 20.2 Å². The van der Waals surface area contributed by atoms with E-state index in [-0.39, 0.29) is 16.9 Å². The van der Waals surface area contributed by atoms with Gasteiger partial charge in [0, 0.05) is 25.7 Å². The number of rotatable bonds is 5. The molecule has 6 heteroatoms. The van der Waals surface area contributed by atoms with E-state index in [1.807, 2.05) is 0 Å². The molecule has 2 atom stereocenters.